The summed E-state index contributed by atoms with van der Waals surface area (Å²) >= 11 is 7.52. The Labute approximate surface area is 146 Å². The summed E-state index contributed by atoms with van der Waals surface area (Å²) in [6.45, 7) is 5.84. The van der Waals surface area contributed by atoms with Crippen LogP contribution in [0.15, 0.2) is 29.1 Å². The highest BCUT2D eigenvalue weighted by Crippen LogP contribution is 2.31. The van der Waals surface area contributed by atoms with Gasteiger partial charge in [0.2, 0.25) is 0 Å². The number of pyridine rings is 1. The Morgan fingerprint density at radius 3 is 2.67 bits per heavy atom. The molecular weight excluding hydrogens is 344 g/mol. The van der Waals surface area contributed by atoms with Crippen LogP contribution in [0.1, 0.15) is 16.8 Å². The van der Waals surface area contributed by atoms with E-state index < -0.39 is 0 Å². The fourth-order valence-corrected chi connectivity index (χ4v) is 4.10. The number of aromatic nitrogens is 4. The molecule has 0 saturated carbocycles. The van der Waals surface area contributed by atoms with Crippen LogP contribution in [0.3, 0.4) is 0 Å². The van der Waals surface area contributed by atoms with E-state index in [1.807, 2.05) is 39.0 Å². The monoisotopic (exact) mass is 356 g/mol. The molecule has 0 bridgehead atoms. The minimum Gasteiger partial charge on any atom is -0.266 e. The predicted molar refractivity (Wildman–Crippen MR) is 97.5 cm³/mol. The average molecular weight is 357 g/mol. The van der Waals surface area contributed by atoms with Crippen molar-refractivity contribution in [3.05, 3.63) is 56.5 Å². The molecule has 0 spiro atoms. The van der Waals surface area contributed by atoms with Crippen molar-refractivity contribution in [2.75, 3.05) is 0 Å². The lowest BCUT2D eigenvalue weighted by molar-refractivity contribution is 0.740. The largest absolute Gasteiger partial charge is 0.292 e. The lowest BCUT2D eigenvalue weighted by Crippen LogP contribution is -2.21. The topological polar surface area (TPSA) is 60.7 Å². The Morgan fingerprint density at radius 1 is 1.12 bits per heavy atom. The number of benzene rings is 1. The summed E-state index contributed by atoms with van der Waals surface area (Å²) in [5.41, 5.74) is 3.92. The summed E-state index contributed by atoms with van der Waals surface area (Å²) in [5.74, 6) is 0. The second-order valence-corrected chi connectivity index (χ2v) is 7.19. The number of hydrogen-bond donors (Lipinski definition) is 0. The van der Waals surface area contributed by atoms with Gasteiger partial charge in [0.1, 0.15) is 15.0 Å². The Balaban J connectivity index is 2.05. The summed E-state index contributed by atoms with van der Waals surface area (Å²) in [6, 6.07) is 7.38. The molecule has 0 N–H and O–H groups in total. The summed E-state index contributed by atoms with van der Waals surface area (Å²) in [5, 5.41) is 9.89. The highest BCUT2D eigenvalue weighted by molar-refractivity contribution is 7.25. The van der Waals surface area contributed by atoms with Gasteiger partial charge in [-0.25, -0.2) is 4.98 Å². The maximum absolute atomic E-state index is 12.9. The van der Waals surface area contributed by atoms with Crippen molar-refractivity contribution in [1.29, 1.82) is 0 Å². The quantitative estimate of drug-likeness (QED) is 0.517. The molecule has 0 unspecified atom stereocenters. The molecule has 0 fully saturated rings. The van der Waals surface area contributed by atoms with Gasteiger partial charge in [0, 0.05) is 16.1 Å². The first kappa shape index (κ1) is 15.2. The van der Waals surface area contributed by atoms with E-state index in [4.69, 9.17) is 11.6 Å². The summed E-state index contributed by atoms with van der Waals surface area (Å²) in [6.07, 6.45) is 0. The molecule has 0 saturated heterocycles. The number of thiophene rings is 1. The third-order valence-corrected chi connectivity index (χ3v) is 5.45. The van der Waals surface area contributed by atoms with Crippen molar-refractivity contribution in [2.24, 2.45) is 0 Å². The zero-order valence-electron chi connectivity index (χ0n) is 13.3. The molecule has 3 heterocycles. The smallest absolute Gasteiger partial charge is 0.266 e. The number of fused-ring (bicyclic) bond motifs is 3. The normalized spacial score (nSPS) is 11.5. The SMILES string of the molecule is Cc1cc(C)c2c(n1)sc1c(=O)n(-c3ccc(C)c(Cl)c3)nnc12. The molecule has 7 heteroatoms. The van der Waals surface area contributed by atoms with E-state index in [9.17, 15) is 4.79 Å². The molecule has 24 heavy (non-hydrogen) atoms. The van der Waals surface area contributed by atoms with E-state index >= 15 is 0 Å². The predicted octanol–water partition coefficient (Wildman–Crippen LogP) is 3.97. The van der Waals surface area contributed by atoms with Gasteiger partial charge >= 0.3 is 0 Å². The Bertz CT molecular complexity index is 1180. The minimum absolute atomic E-state index is 0.208. The highest BCUT2D eigenvalue weighted by Gasteiger charge is 2.16. The van der Waals surface area contributed by atoms with Crippen LogP contribution in [0.4, 0.5) is 0 Å². The number of nitrogens with zero attached hydrogens (tertiary/aromatic N) is 4. The first-order chi connectivity index (χ1) is 11.5. The summed E-state index contributed by atoms with van der Waals surface area (Å²) < 4.78 is 1.84. The molecule has 0 aliphatic rings. The highest BCUT2D eigenvalue weighted by atomic mass is 35.5. The first-order valence-electron chi connectivity index (χ1n) is 7.38. The molecule has 3 aromatic heterocycles. The number of rotatable bonds is 1. The van der Waals surface area contributed by atoms with Crippen molar-refractivity contribution in [3.8, 4) is 5.69 Å². The molecule has 0 amide bonds. The van der Waals surface area contributed by atoms with Crippen molar-refractivity contribution < 1.29 is 0 Å². The van der Waals surface area contributed by atoms with E-state index in [2.05, 4.69) is 15.3 Å². The van der Waals surface area contributed by atoms with Crippen molar-refractivity contribution in [3.63, 3.8) is 0 Å². The lowest BCUT2D eigenvalue weighted by Gasteiger charge is -2.05. The fraction of sp³-hybridized carbons (Fsp3) is 0.176. The zero-order chi connectivity index (χ0) is 17.0. The molecule has 4 rings (SSSR count). The third-order valence-electron chi connectivity index (χ3n) is 3.98. The summed E-state index contributed by atoms with van der Waals surface area (Å²) in [7, 11) is 0. The van der Waals surface area contributed by atoms with Gasteiger partial charge in [-0.3, -0.25) is 4.79 Å². The van der Waals surface area contributed by atoms with Crippen molar-refractivity contribution in [1.82, 2.24) is 20.0 Å². The molecular formula is C17H13ClN4OS. The molecule has 4 aromatic rings. The van der Waals surface area contributed by atoms with E-state index in [-0.39, 0.29) is 5.56 Å². The number of hydrogen-bond acceptors (Lipinski definition) is 5. The van der Waals surface area contributed by atoms with E-state index in [1.165, 1.54) is 16.0 Å². The van der Waals surface area contributed by atoms with Crippen LogP contribution in [0.2, 0.25) is 5.02 Å². The van der Waals surface area contributed by atoms with E-state index in [0.717, 1.165) is 27.0 Å². The van der Waals surface area contributed by atoms with Gasteiger partial charge in [0.15, 0.2) is 0 Å². The Hall–Kier alpha value is -2.31. The molecule has 0 atom stereocenters. The molecule has 0 radical (unpaired) electrons. The third kappa shape index (κ3) is 2.22. The fourth-order valence-electron chi connectivity index (χ4n) is 2.77. The Morgan fingerprint density at radius 2 is 1.92 bits per heavy atom. The standard InChI is InChI=1S/C17H13ClN4OS/c1-8-4-5-11(7-12(8)18)22-17(23)15-14(20-21-22)13-9(2)6-10(3)19-16(13)24-15/h4-7H,1-3H3. The lowest BCUT2D eigenvalue weighted by atomic mass is 10.1. The van der Waals surface area contributed by atoms with E-state index in [0.29, 0.717) is 20.9 Å². The summed E-state index contributed by atoms with van der Waals surface area (Å²) in [4.78, 5) is 18.2. The molecule has 1 aromatic carbocycles. The maximum Gasteiger partial charge on any atom is 0.292 e. The van der Waals surface area contributed by atoms with Crippen LogP contribution in [-0.2, 0) is 0 Å². The second kappa shape index (κ2) is 5.36. The van der Waals surface area contributed by atoms with Crippen molar-refractivity contribution >= 4 is 43.4 Å². The van der Waals surface area contributed by atoms with Gasteiger partial charge in [-0.1, -0.05) is 22.9 Å². The van der Waals surface area contributed by atoms with Crippen LogP contribution in [-0.4, -0.2) is 20.0 Å². The minimum atomic E-state index is -0.208. The maximum atomic E-state index is 12.9. The molecule has 0 aliphatic heterocycles. The molecule has 120 valence electrons. The van der Waals surface area contributed by atoms with Gasteiger partial charge in [-0.15, -0.1) is 16.4 Å². The van der Waals surface area contributed by atoms with E-state index in [1.54, 1.807) is 6.07 Å². The zero-order valence-corrected chi connectivity index (χ0v) is 14.9. The van der Waals surface area contributed by atoms with Gasteiger partial charge in [0.05, 0.1) is 5.69 Å². The van der Waals surface area contributed by atoms with Gasteiger partial charge in [-0.2, -0.15) is 4.68 Å². The van der Waals surface area contributed by atoms with Crippen LogP contribution in [0.5, 0.6) is 0 Å². The molecule has 0 aliphatic carbocycles. The van der Waals surface area contributed by atoms with Gasteiger partial charge < -0.3 is 0 Å². The first-order valence-corrected chi connectivity index (χ1v) is 8.58. The van der Waals surface area contributed by atoms with Gasteiger partial charge in [-0.05, 0) is 50.1 Å². The number of halogens is 1. The number of aryl methyl sites for hydroxylation is 3. The van der Waals surface area contributed by atoms with Crippen molar-refractivity contribution in [2.45, 2.75) is 20.8 Å². The van der Waals surface area contributed by atoms with Crippen LogP contribution >= 0.6 is 22.9 Å². The second-order valence-electron chi connectivity index (χ2n) is 5.78. The van der Waals surface area contributed by atoms with Gasteiger partial charge in [0.25, 0.3) is 5.56 Å². The average Bonchev–Trinajstić information content (AvgIpc) is 2.90. The molecule has 5 nitrogen and oxygen atoms in total. The van der Waals surface area contributed by atoms with Crippen LogP contribution in [0.25, 0.3) is 26.1 Å². The van der Waals surface area contributed by atoms with Crippen LogP contribution < -0.4 is 5.56 Å². The van der Waals surface area contributed by atoms with Crippen LogP contribution in [0, 0.1) is 20.8 Å². The Kier molecular flexibility index (Phi) is 3.40.